The molecule has 3 rings (SSSR count). The molecule has 1 unspecified atom stereocenters. The lowest BCUT2D eigenvalue weighted by Gasteiger charge is -2.24. The van der Waals surface area contributed by atoms with E-state index in [1.54, 1.807) is 0 Å². The number of ether oxygens (including phenoxy) is 1. The van der Waals surface area contributed by atoms with Crippen LogP contribution in [0.1, 0.15) is 43.9 Å². The lowest BCUT2D eigenvalue weighted by molar-refractivity contribution is 0.0896. The first-order chi connectivity index (χ1) is 12.8. The van der Waals surface area contributed by atoms with Gasteiger partial charge in [-0.2, -0.15) is 0 Å². The van der Waals surface area contributed by atoms with Crippen LogP contribution < -0.4 is 5.73 Å². The summed E-state index contributed by atoms with van der Waals surface area (Å²) in [4.78, 5) is 11.4. The average molecular weight is 365 g/mol. The van der Waals surface area contributed by atoms with E-state index in [2.05, 4.69) is 37.0 Å². The molecule has 1 atom stereocenters. The van der Waals surface area contributed by atoms with Crippen molar-refractivity contribution < 1.29 is 13.9 Å². The Morgan fingerprint density at radius 2 is 1.74 bits per heavy atom. The summed E-state index contributed by atoms with van der Waals surface area (Å²) in [6, 6.07) is 17.4. The molecule has 3 aromatic rings. The van der Waals surface area contributed by atoms with Crippen molar-refractivity contribution in [2.75, 3.05) is 0 Å². The van der Waals surface area contributed by atoms with E-state index in [9.17, 15) is 4.79 Å². The minimum absolute atomic E-state index is 0.0576. The van der Waals surface area contributed by atoms with Gasteiger partial charge < -0.3 is 14.9 Å². The number of aromatic nitrogens is 2. The Morgan fingerprint density at radius 3 is 2.41 bits per heavy atom. The molecule has 1 heterocycles. The van der Waals surface area contributed by atoms with Gasteiger partial charge >= 0.3 is 6.09 Å². The van der Waals surface area contributed by atoms with E-state index in [4.69, 9.17) is 14.9 Å². The van der Waals surface area contributed by atoms with Gasteiger partial charge in [0.2, 0.25) is 5.89 Å². The van der Waals surface area contributed by atoms with Gasteiger partial charge in [0.25, 0.3) is 5.89 Å². The second-order valence-electron chi connectivity index (χ2n) is 7.35. The smallest absolute Gasteiger partial charge is 0.405 e. The fourth-order valence-electron chi connectivity index (χ4n) is 3.01. The van der Waals surface area contributed by atoms with Gasteiger partial charge in [-0.1, -0.05) is 63.2 Å². The molecule has 6 nitrogen and oxygen atoms in total. The first-order valence-corrected chi connectivity index (χ1v) is 8.78. The van der Waals surface area contributed by atoms with Crippen molar-refractivity contribution in [3.63, 3.8) is 0 Å². The molecule has 2 N–H and O–H groups in total. The van der Waals surface area contributed by atoms with Gasteiger partial charge in [-0.25, -0.2) is 4.79 Å². The Labute approximate surface area is 158 Å². The first-order valence-electron chi connectivity index (χ1n) is 8.78. The van der Waals surface area contributed by atoms with Crippen LogP contribution in [0, 0.1) is 0 Å². The van der Waals surface area contributed by atoms with E-state index in [0.717, 1.165) is 16.7 Å². The van der Waals surface area contributed by atoms with Crippen molar-refractivity contribution in [1.82, 2.24) is 10.2 Å². The molecule has 1 amide bonds. The molecule has 0 saturated carbocycles. The fourth-order valence-corrected chi connectivity index (χ4v) is 3.01. The molecule has 0 fully saturated rings. The molecule has 140 valence electrons. The van der Waals surface area contributed by atoms with Crippen molar-refractivity contribution in [2.24, 2.45) is 5.73 Å². The van der Waals surface area contributed by atoms with Crippen molar-refractivity contribution in [3.8, 4) is 11.5 Å². The summed E-state index contributed by atoms with van der Waals surface area (Å²) in [5.41, 5.74) is 8.21. The van der Waals surface area contributed by atoms with Crippen LogP contribution in [-0.2, 0) is 16.6 Å². The van der Waals surface area contributed by atoms with Crippen molar-refractivity contribution in [3.05, 3.63) is 71.6 Å². The zero-order chi connectivity index (χ0) is 19.4. The molecular formula is C21H23N3O3. The number of benzene rings is 2. The van der Waals surface area contributed by atoms with E-state index in [1.807, 2.05) is 48.5 Å². The number of hydrogen-bond donors (Lipinski definition) is 1. The third-order valence-corrected chi connectivity index (χ3v) is 4.23. The largest absolute Gasteiger partial charge is 0.436 e. The molecule has 27 heavy (non-hydrogen) atoms. The summed E-state index contributed by atoms with van der Waals surface area (Å²) in [6.07, 6.45) is -1.24. The van der Waals surface area contributed by atoms with Gasteiger partial charge in [-0.3, -0.25) is 0 Å². The van der Waals surface area contributed by atoms with Crippen LogP contribution in [0.3, 0.4) is 0 Å². The zero-order valence-electron chi connectivity index (χ0n) is 15.7. The molecule has 0 radical (unpaired) electrons. The van der Waals surface area contributed by atoms with Crippen LogP contribution in [0.15, 0.2) is 59.0 Å². The Bertz CT molecular complexity index is 914. The van der Waals surface area contributed by atoms with Crippen LogP contribution in [0.25, 0.3) is 11.5 Å². The molecule has 0 saturated heterocycles. The molecule has 0 bridgehead atoms. The maximum atomic E-state index is 11.4. The van der Waals surface area contributed by atoms with E-state index >= 15 is 0 Å². The molecule has 6 heteroatoms. The highest BCUT2D eigenvalue weighted by molar-refractivity contribution is 5.65. The Hall–Kier alpha value is -3.15. The molecule has 0 aliphatic carbocycles. The standard InChI is InChI=1S/C21H23N3O3/c1-21(2,3)16-12-8-7-11-15(16)13-17(26-20(22)25)19-24-23-18(27-19)14-9-5-4-6-10-14/h4-12,17H,13H2,1-3H3,(H2,22,25). The SMILES string of the molecule is CC(C)(C)c1ccccc1CC(OC(N)=O)c1nnc(-c2ccccc2)o1. The predicted octanol–water partition coefficient (Wildman–Crippen LogP) is 4.41. The summed E-state index contributed by atoms with van der Waals surface area (Å²) in [6.45, 7) is 6.40. The molecule has 1 aromatic heterocycles. The number of primary amides is 1. The third kappa shape index (κ3) is 4.53. The number of hydrogen-bond acceptors (Lipinski definition) is 5. The van der Waals surface area contributed by atoms with Crippen LogP contribution in [0.2, 0.25) is 0 Å². The summed E-state index contributed by atoms with van der Waals surface area (Å²) in [5, 5.41) is 8.16. The summed E-state index contributed by atoms with van der Waals surface area (Å²) in [5.74, 6) is 0.587. The van der Waals surface area contributed by atoms with Crippen molar-refractivity contribution in [1.29, 1.82) is 0 Å². The lowest BCUT2D eigenvalue weighted by Crippen LogP contribution is -2.21. The topological polar surface area (TPSA) is 91.2 Å². The number of nitrogens with zero attached hydrogens (tertiary/aromatic N) is 2. The lowest BCUT2D eigenvalue weighted by atomic mass is 9.82. The van der Waals surface area contributed by atoms with E-state index < -0.39 is 12.2 Å². The van der Waals surface area contributed by atoms with Crippen LogP contribution in [0.5, 0.6) is 0 Å². The highest BCUT2D eigenvalue weighted by Gasteiger charge is 2.26. The Kier molecular flexibility index (Phi) is 5.26. The monoisotopic (exact) mass is 365 g/mol. The van der Waals surface area contributed by atoms with Gasteiger partial charge in [0, 0.05) is 12.0 Å². The quantitative estimate of drug-likeness (QED) is 0.723. The number of carbonyl (C=O) groups is 1. The highest BCUT2D eigenvalue weighted by atomic mass is 16.6. The van der Waals surface area contributed by atoms with Gasteiger partial charge in [0.15, 0.2) is 6.10 Å². The summed E-state index contributed by atoms with van der Waals surface area (Å²) in [7, 11) is 0. The minimum Gasteiger partial charge on any atom is -0.436 e. The molecular weight excluding hydrogens is 342 g/mol. The number of nitrogens with two attached hydrogens (primary N) is 1. The molecule has 0 aliphatic rings. The van der Waals surface area contributed by atoms with E-state index in [-0.39, 0.29) is 11.3 Å². The Balaban J connectivity index is 1.92. The predicted molar refractivity (Wildman–Crippen MR) is 102 cm³/mol. The average Bonchev–Trinajstić information content (AvgIpc) is 3.11. The van der Waals surface area contributed by atoms with Crippen LogP contribution in [-0.4, -0.2) is 16.3 Å². The molecule has 0 aliphatic heterocycles. The molecule has 2 aromatic carbocycles. The van der Waals surface area contributed by atoms with E-state index in [0.29, 0.717) is 12.3 Å². The van der Waals surface area contributed by atoms with Gasteiger partial charge in [0.05, 0.1) is 0 Å². The minimum atomic E-state index is -0.882. The van der Waals surface area contributed by atoms with E-state index in [1.165, 1.54) is 0 Å². The fraction of sp³-hybridized carbons (Fsp3) is 0.286. The number of amides is 1. The zero-order valence-corrected chi connectivity index (χ0v) is 15.7. The van der Waals surface area contributed by atoms with Crippen molar-refractivity contribution in [2.45, 2.75) is 38.7 Å². The van der Waals surface area contributed by atoms with Gasteiger partial charge in [-0.05, 0) is 28.7 Å². The number of rotatable bonds is 5. The first kappa shape index (κ1) is 18.6. The summed E-state index contributed by atoms with van der Waals surface area (Å²) < 4.78 is 11.1. The van der Waals surface area contributed by atoms with Gasteiger partial charge in [0.1, 0.15) is 0 Å². The Morgan fingerprint density at radius 1 is 1.07 bits per heavy atom. The normalized spacial score (nSPS) is 12.6. The van der Waals surface area contributed by atoms with Crippen LogP contribution >= 0.6 is 0 Å². The highest BCUT2D eigenvalue weighted by Crippen LogP contribution is 2.31. The number of carbonyl (C=O) groups excluding carboxylic acids is 1. The second kappa shape index (κ2) is 7.61. The van der Waals surface area contributed by atoms with Gasteiger partial charge in [-0.15, -0.1) is 10.2 Å². The van der Waals surface area contributed by atoms with Crippen molar-refractivity contribution >= 4 is 6.09 Å². The summed E-state index contributed by atoms with van der Waals surface area (Å²) >= 11 is 0. The molecule has 0 spiro atoms. The maximum Gasteiger partial charge on any atom is 0.405 e. The third-order valence-electron chi connectivity index (χ3n) is 4.23. The second-order valence-corrected chi connectivity index (χ2v) is 7.35. The maximum absolute atomic E-state index is 11.4. The van der Waals surface area contributed by atoms with Crippen LogP contribution in [0.4, 0.5) is 4.79 Å².